The molecule has 1 N–H and O–H groups in total. The Hall–Kier alpha value is -1.26. The van der Waals surface area contributed by atoms with E-state index in [1.54, 1.807) is 12.1 Å². The first-order valence-corrected chi connectivity index (χ1v) is 6.22. The predicted molar refractivity (Wildman–Crippen MR) is 68.1 cm³/mol. The average molecular weight is 288 g/mol. The van der Waals surface area contributed by atoms with Gasteiger partial charge in [-0.05, 0) is 24.6 Å². The number of aliphatic carboxylic acids is 1. The van der Waals surface area contributed by atoms with Crippen molar-refractivity contribution in [3.63, 3.8) is 0 Å². The molecule has 0 radical (unpaired) electrons. The summed E-state index contributed by atoms with van der Waals surface area (Å²) in [7, 11) is 0. The Labute approximate surface area is 114 Å². The van der Waals surface area contributed by atoms with Gasteiger partial charge < -0.3 is 10.0 Å². The third-order valence-electron chi connectivity index (χ3n) is 2.98. The molecule has 6 heteroatoms. The van der Waals surface area contributed by atoms with Crippen LogP contribution in [0.3, 0.4) is 0 Å². The van der Waals surface area contributed by atoms with E-state index in [1.165, 1.54) is 11.0 Å². The highest BCUT2D eigenvalue weighted by Crippen LogP contribution is 2.25. The number of benzene rings is 1. The quantitative estimate of drug-likeness (QED) is 0.909. The molecule has 1 aromatic carbocycles. The van der Waals surface area contributed by atoms with E-state index in [0.717, 1.165) is 0 Å². The van der Waals surface area contributed by atoms with Crippen LogP contribution in [0.15, 0.2) is 18.2 Å². The minimum absolute atomic E-state index is 0.219. The lowest BCUT2D eigenvalue weighted by molar-refractivity contribution is -0.141. The minimum Gasteiger partial charge on any atom is -0.481 e. The van der Waals surface area contributed by atoms with Gasteiger partial charge >= 0.3 is 5.97 Å². The molecular weight excluding hydrogens is 277 g/mol. The molecule has 2 rings (SSSR count). The monoisotopic (exact) mass is 287 g/mol. The van der Waals surface area contributed by atoms with Crippen LogP contribution in [-0.4, -0.2) is 35.0 Å². The Morgan fingerprint density at radius 1 is 1.33 bits per heavy atom. The third kappa shape index (κ3) is 2.60. The maximum Gasteiger partial charge on any atom is 0.308 e. The van der Waals surface area contributed by atoms with Crippen molar-refractivity contribution in [3.05, 3.63) is 33.8 Å². The van der Waals surface area contributed by atoms with E-state index in [0.29, 0.717) is 28.6 Å². The number of carbonyl (C=O) groups is 2. The van der Waals surface area contributed by atoms with Crippen LogP contribution in [0.5, 0.6) is 0 Å². The van der Waals surface area contributed by atoms with Crippen LogP contribution in [-0.2, 0) is 4.79 Å². The van der Waals surface area contributed by atoms with Crippen LogP contribution < -0.4 is 0 Å². The van der Waals surface area contributed by atoms with Crippen LogP contribution in [0.25, 0.3) is 0 Å². The lowest BCUT2D eigenvalue weighted by Gasteiger charge is -2.16. The van der Waals surface area contributed by atoms with Gasteiger partial charge in [-0.1, -0.05) is 23.2 Å². The summed E-state index contributed by atoms with van der Waals surface area (Å²) in [6.45, 7) is 0.648. The van der Waals surface area contributed by atoms with Crippen molar-refractivity contribution in [1.82, 2.24) is 4.90 Å². The van der Waals surface area contributed by atoms with E-state index in [9.17, 15) is 9.59 Å². The highest BCUT2D eigenvalue weighted by atomic mass is 35.5. The minimum atomic E-state index is -0.873. The van der Waals surface area contributed by atoms with Gasteiger partial charge in [-0.3, -0.25) is 9.59 Å². The summed E-state index contributed by atoms with van der Waals surface area (Å²) < 4.78 is 0. The molecule has 1 aliphatic heterocycles. The van der Waals surface area contributed by atoms with Crippen molar-refractivity contribution in [3.8, 4) is 0 Å². The second-order valence-electron chi connectivity index (χ2n) is 4.20. The van der Waals surface area contributed by atoms with Gasteiger partial charge in [-0.15, -0.1) is 0 Å². The fourth-order valence-electron chi connectivity index (χ4n) is 1.98. The molecule has 1 heterocycles. The van der Waals surface area contributed by atoms with Crippen LogP contribution in [0.1, 0.15) is 16.8 Å². The zero-order valence-electron chi connectivity index (χ0n) is 9.40. The summed E-state index contributed by atoms with van der Waals surface area (Å²) >= 11 is 11.8. The standard InChI is InChI=1S/C12H11Cl2NO3/c13-8-1-2-10(14)9(5-8)11(16)15-4-3-7(6-15)12(17)18/h1-2,5,7H,3-4,6H2,(H,17,18)/t7-/m0/s1. The van der Waals surface area contributed by atoms with Crippen molar-refractivity contribution in [2.24, 2.45) is 5.92 Å². The molecule has 0 unspecified atom stereocenters. The lowest BCUT2D eigenvalue weighted by Crippen LogP contribution is -2.30. The fourth-order valence-corrected chi connectivity index (χ4v) is 2.35. The van der Waals surface area contributed by atoms with E-state index in [1.807, 2.05) is 0 Å². The Balaban J connectivity index is 2.17. The van der Waals surface area contributed by atoms with Crippen LogP contribution in [0, 0.1) is 5.92 Å². The highest BCUT2D eigenvalue weighted by Gasteiger charge is 2.31. The van der Waals surface area contributed by atoms with Gasteiger partial charge in [0.1, 0.15) is 0 Å². The SMILES string of the molecule is O=C(O)[C@H]1CCN(C(=O)c2cc(Cl)ccc2Cl)C1. The molecule has 0 spiro atoms. The normalized spacial score (nSPS) is 19.0. The molecule has 0 saturated carbocycles. The van der Waals surface area contributed by atoms with Crippen molar-refractivity contribution in [2.75, 3.05) is 13.1 Å². The molecule has 0 aliphatic carbocycles. The summed E-state index contributed by atoms with van der Waals surface area (Å²) in [5.41, 5.74) is 0.315. The first kappa shape index (κ1) is 13.2. The largest absolute Gasteiger partial charge is 0.481 e. The molecule has 1 fully saturated rings. The summed E-state index contributed by atoms with van der Waals surface area (Å²) in [5, 5.41) is 9.65. The van der Waals surface area contributed by atoms with Crippen LogP contribution in [0.4, 0.5) is 0 Å². The smallest absolute Gasteiger partial charge is 0.308 e. The number of nitrogens with zero attached hydrogens (tertiary/aromatic N) is 1. The molecule has 1 amide bonds. The molecular formula is C12H11Cl2NO3. The number of halogens is 2. The average Bonchev–Trinajstić information content (AvgIpc) is 2.81. The van der Waals surface area contributed by atoms with Gasteiger partial charge in [0.25, 0.3) is 5.91 Å². The zero-order chi connectivity index (χ0) is 13.3. The van der Waals surface area contributed by atoms with Gasteiger partial charge in [-0.25, -0.2) is 0 Å². The van der Waals surface area contributed by atoms with E-state index in [4.69, 9.17) is 28.3 Å². The molecule has 1 saturated heterocycles. The number of likely N-dealkylation sites (tertiary alicyclic amines) is 1. The first-order valence-electron chi connectivity index (χ1n) is 5.46. The Kier molecular flexibility index (Phi) is 3.78. The number of carbonyl (C=O) groups excluding carboxylic acids is 1. The van der Waals surface area contributed by atoms with Crippen molar-refractivity contribution < 1.29 is 14.7 Å². The molecule has 1 atom stereocenters. The fraction of sp³-hybridized carbons (Fsp3) is 0.333. The highest BCUT2D eigenvalue weighted by molar-refractivity contribution is 6.35. The lowest BCUT2D eigenvalue weighted by atomic mass is 10.1. The zero-order valence-corrected chi connectivity index (χ0v) is 10.9. The van der Waals surface area contributed by atoms with Crippen molar-refractivity contribution >= 4 is 35.1 Å². The predicted octanol–water partition coefficient (Wildman–Crippen LogP) is 2.54. The van der Waals surface area contributed by atoms with E-state index in [2.05, 4.69) is 0 Å². The second kappa shape index (κ2) is 5.16. The molecule has 1 aliphatic rings. The Morgan fingerprint density at radius 3 is 2.67 bits per heavy atom. The maximum absolute atomic E-state index is 12.2. The summed E-state index contributed by atoms with van der Waals surface area (Å²) in [6, 6.07) is 4.66. The maximum atomic E-state index is 12.2. The van der Waals surface area contributed by atoms with Crippen molar-refractivity contribution in [2.45, 2.75) is 6.42 Å². The molecule has 0 aromatic heterocycles. The van der Waals surface area contributed by atoms with Gasteiger partial charge in [0.15, 0.2) is 0 Å². The molecule has 18 heavy (non-hydrogen) atoms. The number of rotatable bonds is 2. The van der Waals surface area contributed by atoms with E-state index in [-0.39, 0.29) is 12.5 Å². The Morgan fingerprint density at radius 2 is 2.06 bits per heavy atom. The molecule has 96 valence electrons. The Bertz CT molecular complexity index is 504. The number of carboxylic acid groups (broad SMARTS) is 1. The topological polar surface area (TPSA) is 57.6 Å². The second-order valence-corrected chi connectivity index (χ2v) is 5.04. The van der Waals surface area contributed by atoms with Gasteiger partial charge in [0.2, 0.25) is 0 Å². The van der Waals surface area contributed by atoms with Crippen LogP contribution in [0.2, 0.25) is 10.0 Å². The summed E-state index contributed by atoms with van der Waals surface area (Å²) in [5.74, 6) is -1.64. The van der Waals surface area contributed by atoms with Gasteiger partial charge in [-0.2, -0.15) is 0 Å². The van der Waals surface area contributed by atoms with E-state index < -0.39 is 11.9 Å². The molecule has 1 aromatic rings. The first-order chi connectivity index (χ1) is 8.49. The van der Waals surface area contributed by atoms with Crippen LogP contribution >= 0.6 is 23.2 Å². The number of carboxylic acids is 1. The summed E-state index contributed by atoms with van der Waals surface area (Å²) in [6.07, 6.45) is 0.471. The number of hydrogen-bond acceptors (Lipinski definition) is 2. The van der Waals surface area contributed by atoms with Gasteiger partial charge in [0.05, 0.1) is 16.5 Å². The summed E-state index contributed by atoms with van der Waals surface area (Å²) in [4.78, 5) is 24.5. The van der Waals surface area contributed by atoms with Crippen molar-refractivity contribution in [1.29, 1.82) is 0 Å². The molecule has 4 nitrogen and oxygen atoms in total. The third-order valence-corrected chi connectivity index (χ3v) is 3.55. The number of amides is 1. The molecule has 0 bridgehead atoms. The van der Waals surface area contributed by atoms with Gasteiger partial charge in [0, 0.05) is 18.1 Å². The number of hydrogen-bond donors (Lipinski definition) is 1. The van der Waals surface area contributed by atoms with E-state index >= 15 is 0 Å².